The van der Waals surface area contributed by atoms with Crippen molar-refractivity contribution in [1.82, 2.24) is 20.0 Å². The number of amides is 3. The van der Waals surface area contributed by atoms with E-state index in [0.717, 1.165) is 12.8 Å². The van der Waals surface area contributed by atoms with Crippen molar-refractivity contribution in [2.24, 2.45) is 11.1 Å². The van der Waals surface area contributed by atoms with Crippen LogP contribution in [0.3, 0.4) is 0 Å². The minimum absolute atomic E-state index is 0.0476. The van der Waals surface area contributed by atoms with Gasteiger partial charge in [-0.05, 0) is 31.0 Å². The Hall–Kier alpha value is -2.94. The molecule has 0 unspecified atom stereocenters. The normalized spacial score (nSPS) is 15.9. The third-order valence-electron chi connectivity index (χ3n) is 5.89. The fourth-order valence-corrected chi connectivity index (χ4v) is 3.99. The topological polar surface area (TPSA) is 110 Å². The van der Waals surface area contributed by atoms with Crippen molar-refractivity contribution in [3.8, 4) is 11.3 Å². The number of hydrogen-bond donors (Lipinski definition) is 2. The van der Waals surface area contributed by atoms with Gasteiger partial charge in [-0.1, -0.05) is 25.4 Å². The number of benzene rings is 1. The summed E-state index contributed by atoms with van der Waals surface area (Å²) >= 11 is 5.90. The van der Waals surface area contributed by atoms with E-state index in [1.807, 2.05) is 0 Å². The van der Waals surface area contributed by atoms with Gasteiger partial charge in [0.15, 0.2) is 0 Å². The summed E-state index contributed by atoms with van der Waals surface area (Å²) < 4.78 is 15.2. The third-order valence-corrected chi connectivity index (χ3v) is 6.18. The summed E-state index contributed by atoms with van der Waals surface area (Å²) in [6, 6.07) is 4.29. The zero-order valence-corrected chi connectivity index (χ0v) is 18.7. The second-order valence-corrected chi connectivity index (χ2v) is 9.42. The Balaban J connectivity index is 1.57. The number of carbonyl (C=O) groups excluding carboxylic acids is 3. The molecule has 0 spiro atoms. The van der Waals surface area contributed by atoms with Crippen LogP contribution in [0.1, 0.15) is 49.2 Å². The minimum atomic E-state index is -0.847. The van der Waals surface area contributed by atoms with Crippen LogP contribution in [-0.2, 0) is 22.7 Å². The fraction of sp³-hybridized carbons (Fsp3) is 0.455. The van der Waals surface area contributed by atoms with Gasteiger partial charge in [-0.2, -0.15) is 5.10 Å². The zero-order valence-electron chi connectivity index (χ0n) is 18.0. The highest BCUT2D eigenvalue weighted by atomic mass is 35.5. The molecule has 1 aliphatic heterocycles. The summed E-state index contributed by atoms with van der Waals surface area (Å²) in [6.07, 6.45) is 2.00. The van der Waals surface area contributed by atoms with Crippen LogP contribution in [0.5, 0.6) is 0 Å². The molecule has 2 heterocycles. The molecule has 1 aromatic carbocycles. The SMILES string of the molecule is CC(C)(CC(=O)N1CCn2nc(-c3ccc(F)c(Cl)c3)c(C(N)=O)c2C1)C(=O)NC1CC1. The predicted molar refractivity (Wildman–Crippen MR) is 116 cm³/mol. The maximum absolute atomic E-state index is 13.6. The van der Waals surface area contributed by atoms with E-state index in [-0.39, 0.29) is 41.4 Å². The van der Waals surface area contributed by atoms with Gasteiger partial charge >= 0.3 is 0 Å². The lowest BCUT2D eigenvalue weighted by atomic mass is 9.87. The lowest BCUT2D eigenvalue weighted by molar-refractivity contribution is -0.140. The number of hydrogen-bond acceptors (Lipinski definition) is 4. The standard InChI is InChI=1S/C22H25ClFN5O3/c1-22(2,21(32)26-13-4-5-13)10-17(30)28-7-8-29-16(11-28)18(20(25)31)19(27-29)12-3-6-15(24)14(23)9-12/h3,6,9,13H,4-5,7-8,10-11H2,1-2H3,(H2,25,31)(H,26,32). The van der Waals surface area contributed by atoms with E-state index in [0.29, 0.717) is 30.0 Å². The van der Waals surface area contributed by atoms with Gasteiger partial charge in [-0.15, -0.1) is 0 Å². The van der Waals surface area contributed by atoms with Crippen LogP contribution >= 0.6 is 11.6 Å². The smallest absolute Gasteiger partial charge is 0.252 e. The monoisotopic (exact) mass is 461 g/mol. The van der Waals surface area contributed by atoms with E-state index in [2.05, 4.69) is 10.4 Å². The Morgan fingerprint density at radius 2 is 2.00 bits per heavy atom. The second kappa shape index (κ2) is 8.20. The quantitative estimate of drug-likeness (QED) is 0.688. The first-order valence-corrected chi connectivity index (χ1v) is 10.9. The molecule has 2 aromatic rings. The lowest BCUT2D eigenvalue weighted by Crippen LogP contribution is -2.44. The Morgan fingerprint density at radius 3 is 2.62 bits per heavy atom. The summed E-state index contributed by atoms with van der Waals surface area (Å²) in [4.78, 5) is 39.4. The number of rotatable bonds is 6. The van der Waals surface area contributed by atoms with Crippen molar-refractivity contribution in [1.29, 1.82) is 0 Å². The number of nitrogens with two attached hydrogens (primary N) is 1. The van der Waals surface area contributed by atoms with Gasteiger partial charge in [0, 0.05) is 24.6 Å². The maximum Gasteiger partial charge on any atom is 0.252 e. The van der Waals surface area contributed by atoms with Crippen LogP contribution in [-0.4, -0.2) is 45.0 Å². The van der Waals surface area contributed by atoms with Gasteiger partial charge < -0.3 is 16.0 Å². The van der Waals surface area contributed by atoms with Crippen molar-refractivity contribution in [2.75, 3.05) is 6.54 Å². The fourth-order valence-electron chi connectivity index (χ4n) is 3.81. The molecule has 0 saturated heterocycles. The van der Waals surface area contributed by atoms with Gasteiger partial charge in [0.2, 0.25) is 11.8 Å². The van der Waals surface area contributed by atoms with Gasteiger partial charge in [-0.25, -0.2) is 4.39 Å². The average molecular weight is 462 g/mol. The van der Waals surface area contributed by atoms with E-state index < -0.39 is 17.1 Å². The first kappa shape index (κ1) is 22.3. The van der Waals surface area contributed by atoms with Crippen molar-refractivity contribution in [3.05, 3.63) is 40.3 Å². The molecule has 4 rings (SSSR count). The third kappa shape index (κ3) is 4.34. The number of fused-ring (bicyclic) bond motifs is 1. The summed E-state index contributed by atoms with van der Waals surface area (Å²) in [5.41, 5.74) is 6.24. The van der Waals surface area contributed by atoms with E-state index in [1.54, 1.807) is 23.4 Å². The Morgan fingerprint density at radius 1 is 1.28 bits per heavy atom. The van der Waals surface area contributed by atoms with Crippen LogP contribution in [0.2, 0.25) is 5.02 Å². The first-order chi connectivity index (χ1) is 15.1. The molecule has 1 fully saturated rings. The van der Waals surface area contributed by atoms with E-state index in [9.17, 15) is 18.8 Å². The van der Waals surface area contributed by atoms with E-state index >= 15 is 0 Å². The average Bonchev–Trinajstić information content (AvgIpc) is 3.45. The largest absolute Gasteiger partial charge is 0.365 e. The van der Waals surface area contributed by atoms with Crippen LogP contribution in [0.15, 0.2) is 18.2 Å². The molecule has 0 radical (unpaired) electrons. The van der Waals surface area contributed by atoms with Crippen molar-refractivity contribution in [3.63, 3.8) is 0 Å². The Bertz CT molecular complexity index is 1110. The highest BCUT2D eigenvalue weighted by molar-refractivity contribution is 6.31. The van der Waals surface area contributed by atoms with Gasteiger partial charge in [-0.3, -0.25) is 19.1 Å². The van der Waals surface area contributed by atoms with Crippen LogP contribution in [0, 0.1) is 11.2 Å². The highest BCUT2D eigenvalue weighted by Gasteiger charge is 2.37. The van der Waals surface area contributed by atoms with Crippen LogP contribution < -0.4 is 11.1 Å². The minimum Gasteiger partial charge on any atom is -0.365 e. The van der Waals surface area contributed by atoms with Gasteiger partial charge in [0.25, 0.3) is 5.91 Å². The van der Waals surface area contributed by atoms with Crippen molar-refractivity contribution >= 4 is 29.3 Å². The molecule has 8 nitrogen and oxygen atoms in total. The summed E-state index contributed by atoms with van der Waals surface area (Å²) in [6.45, 7) is 4.39. The maximum atomic E-state index is 13.6. The summed E-state index contributed by atoms with van der Waals surface area (Å²) in [5.74, 6) is -1.59. The lowest BCUT2D eigenvalue weighted by Gasteiger charge is -2.31. The molecule has 0 bridgehead atoms. The molecule has 1 aliphatic carbocycles. The van der Waals surface area contributed by atoms with Crippen LogP contribution in [0.4, 0.5) is 4.39 Å². The molecular weight excluding hydrogens is 437 g/mol. The molecule has 1 aromatic heterocycles. The van der Waals surface area contributed by atoms with Crippen molar-refractivity contribution in [2.45, 2.75) is 52.2 Å². The molecular formula is C22H25ClFN5O3. The molecule has 3 N–H and O–H groups in total. The predicted octanol–water partition coefficient (Wildman–Crippen LogP) is 2.48. The van der Waals surface area contributed by atoms with Crippen molar-refractivity contribution < 1.29 is 18.8 Å². The summed E-state index contributed by atoms with van der Waals surface area (Å²) in [7, 11) is 0. The van der Waals surface area contributed by atoms with E-state index in [4.69, 9.17) is 17.3 Å². The van der Waals surface area contributed by atoms with Gasteiger partial charge in [0.05, 0.1) is 34.8 Å². The molecule has 0 atom stereocenters. The molecule has 3 amide bonds. The number of nitrogens with one attached hydrogen (secondary N) is 1. The van der Waals surface area contributed by atoms with E-state index in [1.165, 1.54) is 18.2 Å². The second-order valence-electron chi connectivity index (χ2n) is 9.01. The molecule has 2 aliphatic rings. The molecule has 32 heavy (non-hydrogen) atoms. The number of aromatic nitrogens is 2. The first-order valence-electron chi connectivity index (χ1n) is 10.5. The number of carbonyl (C=O) groups is 3. The zero-order chi connectivity index (χ0) is 23.2. The molecule has 170 valence electrons. The molecule has 10 heteroatoms. The Labute approximate surface area is 189 Å². The highest BCUT2D eigenvalue weighted by Crippen LogP contribution is 2.32. The van der Waals surface area contributed by atoms with Gasteiger partial charge in [0.1, 0.15) is 11.5 Å². The number of halogens is 2. The Kier molecular flexibility index (Phi) is 5.70. The number of primary amides is 1. The molecule has 1 saturated carbocycles. The summed E-state index contributed by atoms with van der Waals surface area (Å²) in [5, 5.41) is 7.34. The number of nitrogens with zero attached hydrogens (tertiary/aromatic N) is 3. The van der Waals surface area contributed by atoms with Crippen LogP contribution in [0.25, 0.3) is 11.3 Å².